The van der Waals surface area contributed by atoms with Crippen LogP contribution in [0.4, 0.5) is 0 Å². The number of likely N-dealkylation sites (tertiary alicyclic amines) is 1. The summed E-state index contributed by atoms with van der Waals surface area (Å²) in [6.07, 6.45) is 3.59. The van der Waals surface area contributed by atoms with E-state index >= 15 is 0 Å². The minimum atomic E-state index is 0.139. The second kappa shape index (κ2) is 7.23. The topological polar surface area (TPSA) is 32.5 Å². The maximum Gasteiger partial charge on any atom is 0.0931 e. The summed E-state index contributed by atoms with van der Waals surface area (Å²) in [5.41, 5.74) is 6.31. The second-order valence-electron chi connectivity index (χ2n) is 5.78. The van der Waals surface area contributed by atoms with Gasteiger partial charge in [-0.3, -0.25) is 4.90 Å². The van der Waals surface area contributed by atoms with Gasteiger partial charge in [0.05, 0.1) is 4.34 Å². The van der Waals surface area contributed by atoms with Crippen LogP contribution in [0.5, 0.6) is 0 Å². The molecule has 2 heterocycles. The number of nitrogens with two attached hydrogens (primary N) is 1. The summed E-state index contributed by atoms with van der Waals surface area (Å²) in [5.74, 6) is 0. The largest absolute Gasteiger partial charge is 0.329 e. The van der Waals surface area contributed by atoms with Crippen LogP contribution in [0.3, 0.4) is 0 Å². The number of thiophene rings is 1. The maximum atomic E-state index is 6.17. The standard InChI is InChI=1S/C15H26ClN3S/c1-3-19-9-4-7-15(12-17,8-10-19)18(2)11-13-5-6-14(16)20-13/h5-6H,3-4,7-12,17H2,1-2H3. The highest BCUT2D eigenvalue weighted by atomic mass is 35.5. The monoisotopic (exact) mass is 315 g/mol. The highest BCUT2D eigenvalue weighted by Gasteiger charge is 2.35. The summed E-state index contributed by atoms with van der Waals surface area (Å²) in [6.45, 7) is 7.43. The molecule has 0 spiro atoms. The fourth-order valence-corrected chi connectivity index (χ4v) is 4.27. The Hall–Kier alpha value is -0.130. The van der Waals surface area contributed by atoms with E-state index in [4.69, 9.17) is 17.3 Å². The summed E-state index contributed by atoms with van der Waals surface area (Å²) in [7, 11) is 2.21. The van der Waals surface area contributed by atoms with Gasteiger partial charge in [0.2, 0.25) is 0 Å². The molecule has 0 radical (unpaired) electrons. The first kappa shape index (κ1) is 16.2. The van der Waals surface area contributed by atoms with Crippen LogP contribution >= 0.6 is 22.9 Å². The molecule has 20 heavy (non-hydrogen) atoms. The average molecular weight is 316 g/mol. The molecular weight excluding hydrogens is 290 g/mol. The number of hydrogen-bond acceptors (Lipinski definition) is 4. The molecule has 2 N–H and O–H groups in total. The molecule has 1 aromatic heterocycles. The minimum Gasteiger partial charge on any atom is -0.329 e. The summed E-state index contributed by atoms with van der Waals surface area (Å²) >= 11 is 7.70. The molecule has 3 nitrogen and oxygen atoms in total. The number of hydrogen-bond donors (Lipinski definition) is 1. The third-order valence-corrected chi connectivity index (χ3v) is 5.88. The van der Waals surface area contributed by atoms with Crippen molar-refractivity contribution in [1.82, 2.24) is 9.80 Å². The molecule has 0 amide bonds. The molecule has 1 fully saturated rings. The van der Waals surface area contributed by atoms with E-state index in [1.807, 2.05) is 6.07 Å². The highest BCUT2D eigenvalue weighted by molar-refractivity contribution is 7.16. The minimum absolute atomic E-state index is 0.139. The molecule has 1 atom stereocenters. The molecule has 0 aliphatic carbocycles. The van der Waals surface area contributed by atoms with Crippen molar-refractivity contribution >= 4 is 22.9 Å². The number of halogens is 1. The lowest BCUT2D eigenvalue weighted by atomic mass is 9.89. The molecule has 0 saturated carbocycles. The maximum absolute atomic E-state index is 6.17. The average Bonchev–Trinajstić information content (AvgIpc) is 2.74. The Kier molecular flexibility index (Phi) is 5.87. The van der Waals surface area contributed by atoms with Crippen molar-refractivity contribution < 1.29 is 0 Å². The molecule has 1 aromatic rings. The van der Waals surface area contributed by atoms with E-state index in [0.29, 0.717) is 0 Å². The summed E-state index contributed by atoms with van der Waals surface area (Å²) in [4.78, 5) is 6.31. The Bertz CT molecular complexity index is 423. The first-order valence-corrected chi connectivity index (χ1v) is 8.67. The van der Waals surface area contributed by atoms with Crippen LogP contribution in [0.25, 0.3) is 0 Å². The van der Waals surface area contributed by atoms with Crippen LogP contribution in [0, 0.1) is 0 Å². The molecular formula is C15H26ClN3S. The Morgan fingerprint density at radius 2 is 2.20 bits per heavy atom. The fraction of sp³-hybridized carbons (Fsp3) is 0.733. The lowest BCUT2D eigenvalue weighted by Crippen LogP contribution is -2.52. The second-order valence-corrected chi connectivity index (χ2v) is 7.58. The van der Waals surface area contributed by atoms with Gasteiger partial charge in [0, 0.05) is 23.5 Å². The van der Waals surface area contributed by atoms with E-state index in [2.05, 4.69) is 29.8 Å². The van der Waals surface area contributed by atoms with Crippen LogP contribution in [0.15, 0.2) is 12.1 Å². The predicted molar refractivity (Wildman–Crippen MR) is 88.5 cm³/mol. The molecule has 1 aliphatic rings. The molecule has 114 valence electrons. The van der Waals surface area contributed by atoms with Crippen molar-refractivity contribution in [2.24, 2.45) is 5.73 Å². The van der Waals surface area contributed by atoms with Crippen LogP contribution in [-0.4, -0.2) is 48.6 Å². The van der Waals surface area contributed by atoms with E-state index in [0.717, 1.165) is 36.9 Å². The fourth-order valence-electron chi connectivity index (χ4n) is 3.13. The van der Waals surface area contributed by atoms with Gasteiger partial charge in [-0.1, -0.05) is 18.5 Å². The summed E-state index contributed by atoms with van der Waals surface area (Å²) < 4.78 is 0.869. The van der Waals surface area contributed by atoms with E-state index in [-0.39, 0.29) is 5.54 Å². The Morgan fingerprint density at radius 3 is 2.80 bits per heavy atom. The predicted octanol–water partition coefficient (Wildman–Crippen LogP) is 3.04. The smallest absolute Gasteiger partial charge is 0.0931 e. The van der Waals surface area contributed by atoms with E-state index in [1.165, 1.54) is 24.3 Å². The third kappa shape index (κ3) is 3.74. The zero-order valence-electron chi connectivity index (χ0n) is 12.6. The van der Waals surface area contributed by atoms with E-state index in [1.54, 1.807) is 11.3 Å². The number of likely N-dealkylation sites (N-methyl/N-ethyl adjacent to an activating group) is 1. The normalized spacial score (nSPS) is 25.1. The van der Waals surface area contributed by atoms with Gasteiger partial charge in [0.25, 0.3) is 0 Å². The van der Waals surface area contributed by atoms with E-state index < -0.39 is 0 Å². The lowest BCUT2D eigenvalue weighted by molar-refractivity contribution is 0.101. The lowest BCUT2D eigenvalue weighted by Gasteiger charge is -2.40. The van der Waals surface area contributed by atoms with Crippen LogP contribution in [-0.2, 0) is 6.54 Å². The van der Waals surface area contributed by atoms with Gasteiger partial charge >= 0.3 is 0 Å². The molecule has 1 aliphatic heterocycles. The quantitative estimate of drug-likeness (QED) is 0.906. The zero-order chi connectivity index (χ0) is 14.6. The Balaban J connectivity index is 2.05. The van der Waals surface area contributed by atoms with Gasteiger partial charge < -0.3 is 10.6 Å². The first-order valence-electron chi connectivity index (χ1n) is 7.47. The van der Waals surface area contributed by atoms with Crippen molar-refractivity contribution in [3.63, 3.8) is 0 Å². The van der Waals surface area contributed by atoms with Gasteiger partial charge in [0.1, 0.15) is 0 Å². The molecule has 2 rings (SSSR count). The van der Waals surface area contributed by atoms with Crippen LogP contribution in [0.1, 0.15) is 31.1 Å². The summed E-state index contributed by atoms with van der Waals surface area (Å²) in [5, 5.41) is 0. The Morgan fingerprint density at radius 1 is 1.40 bits per heavy atom. The van der Waals surface area contributed by atoms with Gasteiger partial charge in [0.15, 0.2) is 0 Å². The van der Waals surface area contributed by atoms with E-state index in [9.17, 15) is 0 Å². The third-order valence-electron chi connectivity index (χ3n) is 4.67. The van der Waals surface area contributed by atoms with Gasteiger partial charge in [-0.15, -0.1) is 11.3 Å². The molecule has 1 saturated heterocycles. The van der Waals surface area contributed by atoms with Crippen molar-refractivity contribution in [2.45, 2.75) is 38.3 Å². The summed E-state index contributed by atoms with van der Waals surface area (Å²) in [6, 6.07) is 4.11. The SMILES string of the molecule is CCN1CCCC(CN)(N(C)Cc2ccc(Cl)s2)CC1. The van der Waals surface area contributed by atoms with Crippen molar-refractivity contribution in [2.75, 3.05) is 33.2 Å². The molecule has 5 heteroatoms. The number of rotatable bonds is 5. The molecule has 0 bridgehead atoms. The van der Waals surface area contributed by atoms with Crippen LogP contribution in [0.2, 0.25) is 4.34 Å². The van der Waals surface area contributed by atoms with Crippen molar-refractivity contribution in [1.29, 1.82) is 0 Å². The number of nitrogens with zero attached hydrogens (tertiary/aromatic N) is 2. The molecule has 1 unspecified atom stereocenters. The van der Waals surface area contributed by atoms with Crippen LogP contribution < -0.4 is 5.73 Å². The highest BCUT2D eigenvalue weighted by Crippen LogP contribution is 2.30. The Labute approximate surface area is 131 Å². The molecule has 0 aromatic carbocycles. The van der Waals surface area contributed by atoms with Crippen molar-refractivity contribution in [3.8, 4) is 0 Å². The van der Waals surface area contributed by atoms with Gasteiger partial charge in [-0.25, -0.2) is 0 Å². The van der Waals surface area contributed by atoms with Gasteiger partial charge in [-0.2, -0.15) is 0 Å². The van der Waals surface area contributed by atoms with Crippen molar-refractivity contribution in [3.05, 3.63) is 21.3 Å². The van der Waals surface area contributed by atoms with Gasteiger partial charge in [-0.05, 0) is 58.1 Å². The first-order chi connectivity index (χ1) is 9.59. The zero-order valence-corrected chi connectivity index (χ0v) is 14.1.